The number of sulfonamides is 1. The smallest absolute Gasteiger partial charge is 0.208 e. The van der Waals surface area contributed by atoms with E-state index < -0.39 is 10.0 Å². The normalized spacial score (nSPS) is 44.5. The van der Waals surface area contributed by atoms with Crippen LogP contribution < -0.4 is 4.72 Å². The van der Waals surface area contributed by atoms with Gasteiger partial charge >= 0.3 is 0 Å². The van der Waals surface area contributed by atoms with E-state index in [9.17, 15) is 13.5 Å². The topological polar surface area (TPSA) is 75.6 Å². The summed E-state index contributed by atoms with van der Waals surface area (Å²) in [5, 5.41) is 10.3. The Balaban J connectivity index is 1.29. The van der Waals surface area contributed by atoms with E-state index in [2.05, 4.69) is 38.5 Å². The van der Waals surface area contributed by atoms with Gasteiger partial charge in [0, 0.05) is 18.9 Å². The van der Waals surface area contributed by atoms with Crippen molar-refractivity contribution in [3.8, 4) is 0 Å². The van der Waals surface area contributed by atoms with Gasteiger partial charge in [-0.05, 0) is 98.4 Å². The van der Waals surface area contributed by atoms with Crippen LogP contribution in [0.3, 0.4) is 0 Å². The van der Waals surface area contributed by atoms with E-state index in [1.54, 1.807) is 5.57 Å². The molecule has 0 radical (unpaired) electrons. The van der Waals surface area contributed by atoms with E-state index >= 15 is 0 Å². The molecular formula is C28H45NO4S. The fourth-order valence-electron chi connectivity index (χ4n) is 9.00. The Bertz CT molecular complexity index is 986. The molecule has 0 saturated heterocycles. The molecule has 34 heavy (non-hydrogen) atoms. The molecule has 1 aliphatic heterocycles. The predicted octanol–water partition coefficient (Wildman–Crippen LogP) is 5.17. The fourth-order valence-corrected chi connectivity index (χ4v) is 9.59. The minimum Gasteiger partial charge on any atom is -0.494 e. The summed E-state index contributed by atoms with van der Waals surface area (Å²) in [5.41, 5.74) is 3.62. The van der Waals surface area contributed by atoms with Crippen LogP contribution in [0.2, 0.25) is 0 Å². The first kappa shape index (κ1) is 24.8. The van der Waals surface area contributed by atoms with Gasteiger partial charge in [-0.1, -0.05) is 32.4 Å². The largest absolute Gasteiger partial charge is 0.494 e. The maximum atomic E-state index is 11.4. The molecule has 5 nitrogen and oxygen atoms in total. The van der Waals surface area contributed by atoms with Crippen LogP contribution >= 0.6 is 0 Å². The zero-order valence-corrected chi connectivity index (χ0v) is 22.6. The summed E-state index contributed by atoms with van der Waals surface area (Å²) in [4.78, 5) is 0. The van der Waals surface area contributed by atoms with Gasteiger partial charge in [-0.25, -0.2) is 13.1 Å². The number of allylic oxidation sites excluding steroid dienone is 2. The third kappa shape index (κ3) is 4.10. The molecule has 3 fully saturated rings. The van der Waals surface area contributed by atoms with E-state index in [0.717, 1.165) is 49.9 Å². The number of fused-ring (bicyclic) bond motifs is 7. The predicted molar refractivity (Wildman–Crippen MR) is 135 cm³/mol. The second-order valence-electron chi connectivity index (χ2n) is 12.9. The number of aliphatic hydroxyl groups excluding tert-OH is 1. The minimum atomic E-state index is -3.14. The van der Waals surface area contributed by atoms with Crippen molar-refractivity contribution in [3.05, 3.63) is 23.0 Å². The molecular weight excluding hydrogens is 446 g/mol. The molecule has 0 unspecified atom stereocenters. The Labute approximate surface area is 206 Å². The number of hydrogen-bond donors (Lipinski definition) is 2. The number of rotatable bonds is 6. The Morgan fingerprint density at radius 1 is 1.24 bits per heavy atom. The Kier molecular flexibility index (Phi) is 6.30. The van der Waals surface area contributed by atoms with E-state index in [1.165, 1.54) is 43.3 Å². The van der Waals surface area contributed by atoms with E-state index in [-0.39, 0.29) is 17.4 Å². The lowest BCUT2D eigenvalue weighted by Gasteiger charge is -2.57. The molecule has 0 aromatic rings. The van der Waals surface area contributed by atoms with Crippen LogP contribution in [0.5, 0.6) is 0 Å². The second kappa shape index (κ2) is 8.62. The summed E-state index contributed by atoms with van der Waals surface area (Å²) in [6, 6.07) is 0. The lowest BCUT2D eigenvalue weighted by atomic mass is 9.47. The lowest BCUT2D eigenvalue weighted by molar-refractivity contribution is -0.0454. The van der Waals surface area contributed by atoms with Crippen LogP contribution in [0.1, 0.15) is 85.5 Å². The highest BCUT2D eigenvalue weighted by Crippen LogP contribution is 2.68. The number of aliphatic hydroxyl groups is 1. The van der Waals surface area contributed by atoms with Crippen molar-refractivity contribution >= 4 is 10.0 Å². The summed E-state index contributed by atoms with van der Waals surface area (Å²) < 4.78 is 32.1. The molecule has 4 aliphatic carbocycles. The molecule has 5 rings (SSSR count). The summed E-state index contributed by atoms with van der Waals surface area (Å²) >= 11 is 0. The standard InChI is InChI=1S/C28H45NO4S/c1-17(16-29-34(5,31)32)6-9-24-18(2)26-25(33-24)15-23-21-8-7-19-14-20(30)10-12-27(19,3)22(21)11-13-28(23,26)4/h7,17,20-23,25-26,29-30H,6,8-16H2,1-5H3/t17-,20+,21-,22+,23+,25+,26+,27+,28+/m1/s1. The Morgan fingerprint density at radius 2 is 2.00 bits per heavy atom. The molecule has 0 bridgehead atoms. The van der Waals surface area contributed by atoms with Crippen molar-refractivity contribution in [2.75, 3.05) is 12.8 Å². The molecule has 0 aromatic carbocycles. The molecule has 0 spiro atoms. The first-order valence-electron chi connectivity index (χ1n) is 13.6. The molecule has 1 heterocycles. The fraction of sp³-hybridized carbons (Fsp3) is 0.857. The quantitative estimate of drug-likeness (QED) is 0.502. The van der Waals surface area contributed by atoms with Gasteiger partial charge in [-0.15, -0.1) is 0 Å². The molecule has 5 aliphatic rings. The van der Waals surface area contributed by atoms with Crippen molar-refractivity contribution in [1.29, 1.82) is 0 Å². The Hall–Kier alpha value is -0.850. The van der Waals surface area contributed by atoms with Crippen LogP contribution in [0, 0.1) is 40.4 Å². The highest BCUT2D eigenvalue weighted by atomic mass is 32.2. The summed E-state index contributed by atoms with van der Waals surface area (Å²) in [5.74, 6) is 4.22. The second-order valence-corrected chi connectivity index (χ2v) is 14.8. The number of ether oxygens (including phenoxy) is 1. The zero-order chi connectivity index (χ0) is 24.5. The van der Waals surface area contributed by atoms with Crippen molar-refractivity contribution in [2.24, 2.45) is 40.4 Å². The molecule has 2 N–H and O–H groups in total. The van der Waals surface area contributed by atoms with Gasteiger partial charge < -0.3 is 9.84 Å². The third-order valence-electron chi connectivity index (χ3n) is 10.8. The van der Waals surface area contributed by atoms with Crippen molar-refractivity contribution in [1.82, 2.24) is 4.72 Å². The SMILES string of the molecule is CC1=C(CC[C@@H](C)CNS(C)(=O)=O)O[C@H]2C[C@H]3[C@@H]4CC=C5C[C@@H](O)CC[C@]5(C)[C@H]4CC[C@]3(C)[C@@H]12. The highest BCUT2D eigenvalue weighted by molar-refractivity contribution is 7.88. The first-order chi connectivity index (χ1) is 15.9. The van der Waals surface area contributed by atoms with Crippen LogP contribution in [-0.2, 0) is 14.8 Å². The summed E-state index contributed by atoms with van der Waals surface area (Å²) in [6.45, 7) is 9.96. The monoisotopic (exact) mass is 491 g/mol. The Morgan fingerprint density at radius 3 is 2.74 bits per heavy atom. The van der Waals surface area contributed by atoms with Crippen LogP contribution in [0.25, 0.3) is 0 Å². The van der Waals surface area contributed by atoms with Crippen LogP contribution in [0.4, 0.5) is 0 Å². The van der Waals surface area contributed by atoms with Gasteiger partial charge in [0.2, 0.25) is 10.0 Å². The molecule has 0 aromatic heterocycles. The van der Waals surface area contributed by atoms with Gasteiger partial charge in [0.25, 0.3) is 0 Å². The van der Waals surface area contributed by atoms with E-state index in [4.69, 9.17) is 4.74 Å². The molecule has 6 heteroatoms. The average Bonchev–Trinajstić information content (AvgIpc) is 3.24. The van der Waals surface area contributed by atoms with Gasteiger partial charge in [0.05, 0.1) is 18.1 Å². The molecule has 9 atom stereocenters. The molecule has 0 amide bonds. The maximum Gasteiger partial charge on any atom is 0.208 e. The van der Waals surface area contributed by atoms with Crippen LogP contribution in [0.15, 0.2) is 23.0 Å². The van der Waals surface area contributed by atoms with Crippen molar-refractivity contribution in [3.63, 3.8) is 0 Å². The summed E-state index contributed by atoms with van der Waals surface area (Å²) in [7, 11) is -3.14. The summed E-state index contributed by atoms with van der Waals surface area (Å²) in [6.07, 6.45) is 13.7. The average molecular weight is 492 g/mol. The first-order valence-corrected chi connectivity index (χ1v) is 15.5. The van der Waals surface area contributed by atoms with Gasteiger partial charge in [0.1, 0.15) is 6.10 Å². The maximum absolute atomic E-state index is 11.4. The van der Waals surface area contributed by atoms with E-state index in [0.29, 0.717) is 24.0 Å². The molecule has 192 valence electrons. The van der Waals surface area contributed by atoms with Crippen LogP contribution in [-0.4, -0.2) is 38.5 Å². The third-order valence-corrected chi connectivity index (χ3v) is 11.5. The number of hydrogen-bond acceptors (Lipinski definition) is 4. The van der Waals surface area contributed by atoms with E-state index in [1.807, 2.05) is 0 Å². The van der Waals surface area contributed by atoms with Crippen molar-refractivity contribution in [2.45, 2.75) is 97.7 Å². The van der Waals surface area contributed by atoms with Gasteiger partial charge in [-0.3, -0.25) is 0 Å². The lowest BCUT2D eigenvalue weighted by Crippen LogP contribution is -2.50. The minimum absolute atomic E-state index is 0.139. The van der Waals surface area contributed by atoms with Gasteiger partial charge in [0.15, 0.2) is 0 Å². The number of nitrogens with one attached hydrogen (secondary N) is 1. The van der Waals surface area contributed by atoms with Crippen molar-refractivity contribution < 1.29 is 18.3 Å². The molecule has 3 saturated carbocycles. The van der Waals surface area contributed by atoms with Gasteiger partial charge in [-0.2, -0.15) is 0 Å². The highest BCUT2D eigenvalue weighted by Gasteiger charge is 2.63. The zero-order valence-electron chi connectivity index (χ0n) is 21.8.